The third kappa shape index (κ3) is 3.86. The van der Waals surface area contributed by atoms with Gasteiger partial charge in [-0.2, -0.15) is 18.4 Å². The fourth-order valence-corrected chi connectivity index (χ4v) is 2.24. The molecule has 0 aliphatic rings. The predicted octanol–water partition coefficient (Wildman–Crippen LogP) is 5.13. The van der Waals surface area contributed by atoms with Crippen LogP contribution in [-0.2, 0) is 6.18 Å². The van der Waals surface area contributed by atoms with Crippen LogP contribution in [0.2, 0.25) is 5.15 Å². The molecule has 1 N–H and O–H groups in total. The van der Waals surface area contributed by atoms with Crippen molar-refractivity contribution in [2.24, 2.45) is 0 Å². The molecule has 1 heterocycles. The molecule has 2 rings (SSSR count). The molecular weight excluding hydrogens is 371 g/mol. The van der Waals surface area contributed by atoms with Crippen LogP contribution in [0.5, 0.6) is 0 Å². The minimum Gasteiger partial charge on any atom is -0.339 e. The molecule has 0 spiro atoms. The number of hydrogen-bond donors (Lipinski definition) is 1. The Morgan fingerprint density at radius 2 is 1.95 bits per heavy atom. The molecule has 3 nitrogen and oxygen atoms in total. The number of hydrogen-bond acceptors (Lipinski definition) is 3. The lowest BCUT2D eigenvalue weighted by molar-refractivity contribution is -0.137. The van der Waals surface area contributed by atoms with Crippen molar-refractivity contribution < 1.29 is 13.2 Å². The third-order valence-corrected chi connectivity index (χ3v) is 3.33. The average Bonchev–Trinajstić information content (AvgIpc) is 2.39. The standard InChI is InChI=1S/C13H6BrClF3N3/c14-9-3-7(6-19)1-2-10(9)20-12-5-8(13(16,17)18)4-11(15)21-12/h1-5H,(H,20,21). The van der Waals surface area contributed by atoms with Gasteiger partial charge >= 0.3 is 6.18 Å². The van der Waals surface area contributed by atoms with Crippen LogP contribution in [-0.4, -0.2) is 4.98 Å². The topological polar surface area (TPSA) is 48.7 Å². The summed E-state index contributed by atoms with van der Waals surface area (Å²) in [6.45, 7) is 0. The van der Waals surface area contributed by atoms with Crippen molar-refractivity contribution in [3.8, 4) is 6.07 Å². The van der Waals surface area contributed by atoms with E-state index in [0.717, 1.165) is 12.1 Å². The van der Waals surface area contributed by atoms with Gasteiger partial charge in [-0.05, 0) is 46.3 Å². The highest BCUT2D eigenvalue weighted by molar-refractivity contribution is 9.10. The monoisotopic (exact) mass is 375 g/mol. The minimum atomic E-state index is -4.51. The van der Waals surface area contributed by atoms with Crippen LogP contribution in [0.3, 0.4) is 0 Å². The zero-order valence-corrected chi connectivity index (χ0v) is 12.5. The molecule has 0 bridgehead atoms. The maximum Gasteiger partial charge on any atom is 0.416 e. The largest absolute Gasteiger partial charge is 0.416 e. The van der Waals surface area contributed by atoms with Gasteiger partial charge in [0.2, 0.25) is 0 Å². The van der Waals surface area contributed by atoms with Crippen LogP contribution in [0.25, 0.3) is 0 Å². The maximum atomic E-state index is 12.7. The number of nitrogens with one attached hydrogen (secondary N) is 1. The average molecular weight is 377 g/mol. The van der Waals surface area contributed by atoms with Gasteiger partial charge in [0.1, 0.15) is 11.0 Å². The lowest BCUT2D eigenvalue weighted by atomic mass is 10.2. The summed E-state index contributed by atoms with van der Waals surface area (Å²) >= 11 is 8.83. The predicted molar refractivity (Wildman–Crippen MR) is 76.4 cm³/mol. The van der Waals surface area contributed by atoms with Crippen LogP contribution in [0.15, 0.2) is 34.8 Å². The van der Waals surface area contributed by atoms with Gasteiger partial charge in [0.05, 0.1) is 22.9 Å². The zero-order chi connectivity index (χ0) is 15.6. The van der Waals surface area contributed by atoms with Crippen LogP contribution in [0, 0.1) is 11.3 Å². The van der Waals surface area contributed by atoms with E-state index in [0.29, 0.717) is 15.7 Å². The molecule has 0 saturated carbocycles. The van der Waals surface area contributed by atoms with E-state index in [1.807, 2.05) is 6.07 Å². The van der Waals surface area contributed by atoms with E-state index in [9.17, 15) is 13.2 Å². The lowest BCUT2D eigenvalue weighted by Gasteiger charge is -2.12. The SMILES string of the molecule is N#Cc1ccc(Nc2cc(C(F)(F)F)cc(Cl)n2)c(Br)c1. The third-order valence-electron chi connectivity index (χ3n) is 2.48. The summed E-state index contributed by atoms with van der Waals surface area (Å²) in [6.07, 6.45) is -4.51. The molecule has 2 aromatic rings. The van der Waals surface area contributed by atoms with E-state index in [1.54, 1.807) is 6.07 Å². The Bertz CT molecular complexity index is 726. The first-order valence-electron chi connectivity index (χ1n) is 5.51. The summed E-state index contributed by atoms with van der Waals surface area (Å²) < 4.78 is 38.6. The van der Waals surface area contributed by atoms with Crippen molar-refractivity contribution in [2.75, 3.05) is 5.32 Å². The summed E-state index contributed by atoms with van der Waals surface area (Å²) in [5, 5.41) is 11.2. The number of alkyl halides is 3. The van der Waals surface area contributed by atoms with E-state index < -0.39 is 11.7 Å². The highest BCUT2D eigenvalue weighted by atomic mass is 79.9. The smallest absolute Gasteiger partial charge is 0.339 e. The van der Waals surface area contributed by atoms with Gasteiger partial charge in [-0.15, -0.1) is 0 Å². The van der Waals surface area contributed by atoms with Gasteiger partial charge in [-0.1, -0.05) is 11.6 Å². The molecular formula is C13H6BrClF3N3. The van der Waals surface area contributed by atoms with E-state index in [-0.39, 0.29) is 11.0 Å². The van der Waals surface area contributed by atoms with Crippen molar-refractivity contribution in [3.05, 3.63) is 51.1 Å². The molecule has 1 aromatic heterocycles. The molecule has 21 heavy (non-hydrogen) atoms. The first-order chi connectivity index (χ1) is 9.79. The molecule has 0 atom stereocenters. The Hall–Kier alpha value is -1.78. The van der Waals surface area contributed by atoms with Crippen LogP contribution in [0.1, 0.15) is 11.1 Å². The molecule has 0 aliphatic heterocycles. The van der Waals surface area contributed by atoms with Gasteiger partial charge < -0.3 is 5.32 Å². The normalized spacial score (nSPS) is 11.0. The van der Waals surface area contributed by atoms with Crippen LogP contribution in [0.4, 0.5) is 24.7 Å². The van der Waals surface area contributed by atoms with E-state index in [4.69, 9.17) is 16.9 Å². The molecule has 1 aromatic carbocycles. The van der Waals surface area contributed by atoms with Crippen molar-refractivity contribution in [1.82, 2.24) is 4.98 Å². The number of aromatic nitrogens is 1. The molecule has 0 radical (unpaired) electrons. The molecule has 0 aliphatic carbocycles. The van der Waals surface area contributed by atoms with Crippen molar-refractivity contribution in [1.29, 1.82) is 5.26 Å². The maximum absolute atomic E-state index is 12.7. The quantitative estimate of drug-likeness (QED) is 0.739. The number of pyridine rings is 1. The van der Waals surface area contributed by atoms with Gasteiger partial charge in [-0.3, -0.25) is 0 Å². The summed E-state index contributed by atoms with van der Waals surface area (Å²) in [5.74, 6) is -0.0415. The summed E-state index contributed by atoms with van der Waals surface area (Å²) in [4.78, 5) is 3.79. The highest BCUT2D eigenvalue weighted by Crippen LogP contribution is 2.33. The molecule has 8 heteroatoms. The number of anilines is 2. The number of nitriles is 1. The molecule has 108 valence electrons. The van der Waals surface area contributed by atoms with E-state index >= 15 is 0 Å². The second-order valence-corrected chi connectivity index (χ2v) is 5.23. The van der Waals surface area contributed by atoms with E-state index in [2.05, 4.69) is 26.2 Å². The highest BCUT2D eigenvalue weighted by Gasteiger charge is 2.31. The number of benzene rings is 1. The van der Waals surface area contributed by atoms with Gasteiger partial charge in [0.25, 0.3) is 0 Å². The summed E-state index contributed by atoms with van der Waals surface area (Å²) in [6, 6.07) is 8.19. The van der Waals surface area contributed by atoms with Crippen LogP contribution >= 0.6 is 27.5 Å². The summed E-state index contributed by atoms with van der Waals surface area (Å²) in [5.41, 5.74) is -0.00545. The van der Waals surface area contributed by atoms with Gasteiger partial charge in [0.15, 0.2) is 0 Å². The second-order valence-electron chi connectivity index (χ2n) is 3.99. The Kier molecular flexibility index (Phi) is 4.40. The first kappa shape index (κ1) is 15.6. The van der Waals surface area contributed by atoms with Crippen molar-refractivity contribution >= 4 is 39.0 Å². The second kappa shape index (κ2) is 5.92. The van der Waals surface area contributed by atoms with E-state index in [1.165, 1.54) is 12.1 Å². The van der Waals surface area contributed by atoms with Crippen molar-refractivity contribution in [3.63, 3.8) is 0 Å². The lowest BCUT2D eigenvalue weighted by Crippen LogP contribution is -2.07. The Labute approximate surface area is 131 Å². The number of rotatable bonds is 2. The molecule has 0 unspecified atom stereocenters. The number of nitrogens with zero attached hydrogens (tertiary/aromatic N) is 2. The summed E-state index contributed by atoms with van der Waals surface area (Å²) in [7, 11) is 0. The number of halogens is 5. The fraction of sp³-hybridized carbons (Fsp3) is 0.0769. The van der Waals surface area contributed by atoms with Gasteiger partial charge in [0, 0.05) is 4.47 Å². The zero-order valence-electron chi connectivity index (χ0n) is 10.2. The van der Waals surface area contributed by atoms with Crippen LogP contribution < -0.4 is 5.32 Å². The fourth-order valence-electron chi connectivity index (χ4n) is 1.55. The van der Waals surface area contributed by atoms with Gasteiger partial charge in [-0.25, -0.2) is 4.98 Å². The Morgan fingerprint density at radius 3 is 2.52 bits per heavy atom. The Balaban J connectivity index is 2.36. The molecule has 0 saturated heterocycles. The first-order valence-corrected chi connectivity index (χ1v) is 6.68. The minimum absolute atomic E-state index is 0.0415. The van der Waals surface area contributed by atoms with Crippen molar-refractivity contribution in [2.45, 2.75) is 6.18 Å². The Morgan fingerprint density at radius 1 is 1.24 bits per heavy atom. The molecule has 0 fully saturated rings. The molecule has 0 amide bonds.